The van der Waals surface area contributed by atoms with Crippen LogP contribution in [0.25, 0.3) is 0 Å². The van der Waals surface area contributed by atoms with Gasteiger partial charge in [-0.3, -0.25) is 0 Å². The minimum absolute atomic E-state index is 0.369. The molecule has 0 aliphatic carbocycles. The maximum atomic E-state index is 12.2. The molecule has 216 valence electrons. The van der Waals surface area contributed by atoms with E-state index in [1.54, 1.807) is 42.5 Å². The fourth-order valence-corrected chi connectivity index (χ4v) is 4.01. The number of benzene rings is 2. The van der Waals surface area contributed by atoms with E-state index < -0.39 is 30.5 Å². The minimum atomic E-state index is -0.744. The molecule has 2 aromatic carbocycles. The zero-order chi connectivity index (χ0) is 29.3. The molecule has 0 heterocycles. The van der Waals surface area contributed by atoms with Gasteiger partial charge in [0, 0.05) is 13.1 Å². The van der Waals surface area contributed by atoms with Gasteiger partial charge in [-0.2, -0.15) is 0 Å². The molecule has 2 rings (SSSR count). The molecule has 0 bridgehead atoms. The lowest BCUT2D eigenvalue weighted by Gasteiger charge is -2.18. The van der Waals surface area contributed by atoms with Crippen LogP contribution in [-0.2, 0) is 9.47 Å². The molecule has 4 unspecified atom stereocenters. The standard InChI is InChI=1S/C32H42N2O6/c1-5-27(35)23-13-17-25(18-14-23)29(7-3)39-31(37)33-21-11-9-10-12-22-34-32(38)40-30(8-4)26-19-15-24(16-20-26)28(36)6-2/h5-7,13-20,27-30,35-36H,1-3,8-12,21-22H2,4H3,(H,33,37)(H,34,38). The molecular formula is C32H42N2O6. The molecular weight excluding hydrogens is 508 g/mol. The van der Waals surface area contributed by atoms with Gasteiger partial charge < -0.3 is 30.3 Å². The number of carbonyl (C=O) groups is 2. The third kappa shape index (κ3) is 10.7. The SMILES string of the molecule is C=CC(O)c1ccc(C(C=C)OC(=O)NCCCCCCNC(=O)OC(CC)c2ccc(C(O)C=C)cc2)cc1. The molecule has 0 saturated carbocycles. The Kier molecular flexibility index (Phi) is 14.3. The van der Waals surface area contributed by atoms with Crippen LogP contribution in [0.15, 0.2) is 86.5 Å². The first-order valence-electron chi connectivity index (χ1n) is 13.6. The summed E-state index contributed by atoms with van der Waals surface area (Å²) in [5.41, 5.74) is 3.06. The van der Waals surface area contributed by atoms with Crippen molar-refractivity contribution in [2.45, 2.75) is 63.4 Å². The summed E-state index contributed by atoms with van der Waals surface area (Å²) in [6.45, 7) is 13.8. The summed E-state index contributed by atoms with van der Waals surface area (Å²) in [5.74, 6) is 0. The van der Waals surface area contributed by atoms with E-state index in [1.165, 1.54) is 12.2 Å². The van der Waals surface area contributed by atoms with E-state index in [4.69, 9.17) is 9.47 Å². The van der Waals surface area contributed by atoms with Crippen LogP contribution in [0.2, 0.25) is 0 Å². The van der Waals surface area contributed by atoms with Crippen LogP contribution in [0.4, 0.5) is 9.59 Å². The van der Waals surface area contributed by atoms with Crippen LogP contribution < -0.4 is 10.6 Å². The Bertz CT molecular complexity index is 1080. The number of aliphatic hydroxyl groups is 2. The monoisotopic (exact) mass is 550 g/mol. The van der Waals surface area contributed by atoms with E-state index in [-0.39, 0.29) is 6.10 Å². The molecule has 8 heteroatoms. The summed E-state index contributed by atoms with van der Waals surface area (Å²) < 4.78 is 11.0. The van der Waals surface area contributed by atoms with Gasteiger partial charge in [0.1, 0.15) is 12.2 Å². The van der Waals surface area contributed by atoms with Crippen LogP contribution in [0.1, 0.15) is 85.7 Å². The Hall–Kier alpha value is -3.88. The summed E-state index contributed by atoms with van der Waals surface area (Å²) in [6.07, 6.45) is 5.00. The van der Waals surface area contributed by atoms with Crippen molar-refractivity contribution in [2.75, 3.05) is 13.1 Å². The van der Waals surface area contributed by atoms with Crippen LogP contribution in [-0.4, -0.2) is 35.5 Å². The highest BCUT2D eigenvalue weighted by molar-refractivity contribution is 5.68. The minimum Gasteiger partial charge on any atom is -0.441 e. The predicted octanol–water partition coefficient (Wildman–Crippen LogP) is 6.52. The van der Waals surface area contributed by atoms with Crippen LogP contribution in [0, 0.1) is 0 Å². The lowest BCUT2D eigenvalue weighted by Crippen LogP contribution is -2.27. The fraction of sp³-hybridized carbons (Fsp3) is 0.375. The lowest BCUT2D eigenvalue weighted by molar-refractivity contribution is 0.0950. The summed E-state index contributed by atoms with van der Waals surface area (Å²) >= 11 is 0. The molecule has 0 fully saturated rings. The number of hydrogen-bond acceptors (Lipinski definition) is 6. The Morgan fingerprint density at radius 2 is 1.12 bits per heavy atom. The molecule has 0 aliphatic rings. The van der Waals surface area contributed by atoms with Crippen LogP contribution in [0.3, 0.4) is 0 Å². The number of carbonyl (C=O) groups excluding carboxylic acids is 2. The Morgan fingerprint density at radius 1 is 0.700 bits per heavy atom. The Morgan fingerprint density at radius 3 is 1.55 bits per heavy atom. The number of hydrogen-bond donors (Lipinski definition) is 4. The fourth-order valence-electron chi connectivity index (χ4n) is 4.01. The maximum absolute atomic E-state index is 12.2. The van der Waals surface area contributed by atoms with Gasteiger partial charge in [-0.25, -0.2) is 9.59 Å². The lowest BCUT2D eigenvalue weighted by atomic mass is 10.0. The van der Waals surface area contributed by atoms with Crippen molar-refractivity contribution in [3.63, 3.8) is 0 Å². The normalized spacial score (nSPS) is 13.7. The molecule has 0 spiro atoms. The molecule has 0 saturated heterocycles. The number of amides is 2. The molecule has 0 aromatic heterocycles. The van der Waals surface area contributed by atoms with Crippen LogP contribution in [0.5, 0.6) is 0 Å². The molecule has 0 aliphatic heterocycles. The third-order valence-corrected chi connectivity index (χ3v) is 6.41. The zero-order valence-corrected chi connectivity index (χ0v) is 23.3. The van der Waals surface area contributed by atoms with E-state index in [0.717, 1.165) is 42.4 Å². The maximum Gasteiger partial charge on any atom is 0.408 e. The average molecular weight is 551 g/mol. The van der Waals surface area contributed by atoms with Crippen molar-refractivity contribution in [1.82, 2.24) is 10.6 Å². The summed E-state index contributed by atoms with van der Waals surface area (Å²) in [5, 5.41) is 25.2. The topological polar surface area (TPSA) is 117 Å². The van der Waals surface area contributed by atoms with E-state index in [2.05, 4.69) is 30.4 Å². The second kappa shape index (κ2) is 17.7. The first-order chi connectivity index (χ1) is 19.3. The van der Waals surface area contributed by atoms with Crippen molar-refractivity contribution in [1.29, 1.82) is 0 Å². The number of ether oxygens (including phenoxy) is 2. The van der Waals surface area contributed by atoms with E-state index >= 15 is 0 Å². The van der Waals surface area contributed by atoms with Gasteiger partial charge in [-0.15, -0.1) is 13.2 Å². The van der Waals surface area contributed by atoms with E-state index in [0.29, 0.717) is 25.1 Å². The molecule has 2 aromatic rings. The largest absolute Gasteiger partial charge is 0.441 e. The van der Waals surface area contributed by atoms with Crippen molar-refractivity contribution < 1.29 is 29.3 Å². The second-order valence-corrected chi connectivity index (χ2v) is 9.33. The Balaban J connectivity index is 1.60. The smallest absolute Gasteiger partial charge is 0.408 e. The second-order valence-electron chi connectivity index (χ2n) is 9.33. The number of alkyl carbamates (subject to hydrolysis) is 2. The van der Waals surface area contributed by atoms with Gasteiger partial charge in [0.25, 0.3) is 0 Å². The molecule has 4 N–H and O–H groups in total. The number of nitrogens with one attached hydrogen (secondary N) is 2. The van der Waals surface area contributed by atoms with E-state index in [1.807, 2.05) is 19.1 Å². The van der Waals surface area contributed by atoms with Crippen molar-refractivity contribution in [3.05, 3.63) is 109 Å². The summed E-state index contributed by atoms with van der Waals surface area (Å²) in [7, 11) is 0. The van der Waals surface area contributed by atoms with Crippen molar-refractivity contribution >= 4 is 12.2 Å². The van der Waals surface area contributed by atoms with Gasteiger partial charge in [0.15, 0.2) is 0 Å². The van der Waals surface area contributed by atoms with Crippen molar-refractivity contribution in [2.24, 2.45) is 0 Å². The highest BCUT2D eigenvalue weighted by Crippen LogP contribution is 2.24. The number of aliphatic hydroxyl groups excluding tert-OH is 2. The van der Waals surface area contributed by atoms with Crippen molar-refractivity contribution in [3.8, 4) is 0 Å². The average Bonchev–Trinajstić information content (AvgIpc) is 2.99. The molecule has 2 amide bonds. The summed E-state index contributed by atoms with van der Waals surface area (Å²) in [6, 6.07) is 14.4. The summed E-state index contributed by atoms with van der Waals surface area (Å²) in [4.78, 5) is 24.4. The number of unbranched alkanes of at least 4 members (excludes halogenated alkanes) is 3. The highest BCUT2D eigenvalue weighted by atomic mass is 16.6. The van der Waals surface area contributed by atoms with Gasteiger partial charge in [0.05, 0.1) is 12.2 Å². The molecule has 8 nitrogen and oxygen atoms in total. The third-order valence-electron chi connectivity index (χ3n) is 6.41. The van der Waals surface area contributed by atoms with Gasteiger partial charge in [-0.1, -0.05) is 87.0 Å². The quantitative estimate of drug-likeness (QED) is 0.132. The molecule has 0 radical (unpaired) electrons. The first kappa shape index (κ1) is 32.3. The zero-order valence-electron chi connectivity index (χ0n) is 23.3. The van der Waals surface area contributed by atoms with Gasteiger partial charge >= 0.3 is 12.2 Å². The van der Waals surface area contributed by atoms with E-state index in [9.17, 15) is 19.8 Å². The molecule has 40 heavy (non-hydrogen) atoms. The predicted molar refractivity (Wildman–Crippen MR) is 157 cm³/mol. The van der Waals surface area contributed by atoms with Gasteiger partial charge in [0.2, 0.25) is 0 Å². The Labute approximate surface area is 237 Å². The van der Waals surface area contributed by atoms with Crippen LogP contribution >= 0.6 is 0 Å². The van der Waals surface area contributed by atoms with Gasteiger partial charge in [-0.05, 0) is 47.6 Å². The molecule has 4 atom stereocenters. The first-order valence-corrected chi connectivity index (χ1v) is 13.6. The number of rotatable bonds is 17. The highest BCUT2D eigenvalue weighted by Gasteiger charge is 2.16.